The van der Waals surface area contributed by atoms with E-state index in [4.69, 9.17) is 0 Å². The lowest BCUT2D eigenvalue weighted by Crippen LogP contribution is -2.41. The van der Waals surface area contributed by atoms with Gasteiger partial charge in [0.15, 0.2) is 0 Å². The summed E-state index contributed by atoms with van der Waals surface area (Å²) in [7, 11) is 0. The van der Waals surface area contributed by atoms with Crippen molar-refractivity contribution in [3.05, 3.63) is 30.0 Å². The van der Waals surface area contributed by atoms with E-state index in [1.165, 1.54) is 0 Å². The SMILES string of the molecule is O=[N+]([O-])C(Br)(Br)[N+](=O)Nc1nonc1N[N+](=O)C(Br)(Br)[N+](=O)[O-]. The second-order valence-corrected chi connectivity index (χ2v) is 9.86. The highest BCUT2D eigenvalue weighted by atomic mass is 79.9. The zero-order valence-corrected chi connectivity index (χ0v) is 16.4. The Morgan fingerprint density at radius 1 is 0.826 bits per heavy atom. The number of anilines is 2. The largest absolute Gasteiger partial charge is 0.583 e. The molecular formula is C4H2Br4N8O7+2. The number of nitro groups is 2. The van der Waals surface area contributed by atoms with Crippen LogP contribution in [-0.4, -0.2) is 36.9 Å². The standard InChI is InChI=1S/C4H2Br4N8O7/c5-3(6,15(19)20)13(17)9-1-2(12-23-11-1)10-14(18)4(7,8)16(21)22/h(H,9,11,17)(H,10,12,18)/q+2. The Labute approximate surface area is 157 Å². The Kier molecular flexibility index (Phi) is 6.04. The van der Waals surface area contributed by atoms with Gasteiger partial charge in [0.1, 0.15) is 73.6 Å². The van der Waals surface area contributed by atoms with Crippen LogP contribution < -0.4 is 10.9 Å². The normalized spacial score (nSPS) is 11.7. The highest BCUT2D eigenvalue weighted by Crippen LogP contribution is 2.31. The Balaban J connectivity index is 2.94. The predicted octanol–water partition coefficient (Wildman–Crippen LogP) is 1.64. The van der Waals surface area contributed by atoms with Crippen molar-refractivity contribution in [2.45, 2.75) is 6.96 Å². The van der Waals surface area contributed by atoms with Gasteiger partial charge in [-0.1, -0.05) is 10.9 Å². The van der Waals surface area contributed by atoms with Gasteiger partial charge in [-0.05, 0) is 10.3 Å². The van der Waals surface area contributed by atoms with Crippen LogP contribution in [0, 0.1) is 30.0 Å². The van der Waals surface area contributed by atoms with Crippen molar-refractivity contribution in [1.29, 1.82) is 0 Å². The molecule has 0 bridgehead atoms. The van der Waals surface area contributed by atoms with Gasteiger partial charge in [0, 0.05) is 0 Å². The van der Waals surface area contributed by atoms with Crippen LogP contribution in [0.4, 0.5) is 11.6 Å². The van der Waals surface area contributed by atoms with Crippen molar-refractivity contribution in [3.63, 3.8) is 0 Å². The van der Waals surface area contributed by atoms with Gasteiger partial charge in [-0.3, -0.25) is 20.2 Å². The molecule has 126 valence electrons. The number of halogens is 4. The fourth-order valence-electron chi connectivity index (χ4n) is 0.810. The maximum absolute atomic E-state index is 11.6. The van der Waals surface area contributed by atoms with E-state index in [-0.39, 0.29) is 9.74 Å². The van der Waals surface area contributed by atoms with Crippen molar-refractivity contribution < 1.29 is 24.2 Å². The minimum atomic E-state index is -2.46. The molecule has 0 atom stereocenters. The lowest BCUT2D eigenvalue weighted by molar-refractivity contribution is -0.740. The van der Waals surface area contributed by atoms with Crippen LogP contribution in [0.3, 0.4) is 0 Å². The second-order valence-electron chi connectivity index (χ2n) is 3.31. The third-order valence-corrected chi connectivity index (χ3v) is 4.28. The summed E-state index contributed by atoms with van der Waals surface area (Å²) >= 11 is 9.91. The van der Waals surface area contributed by atoms with E-state index in [1.54, 1.807) is 0 Å². The monoisotopic (exact) mass is 590 g/mol. The van der Waals surface area contributed by atoms with Gasteiger partial charge in [0.05, 0.1) is 9.81 Å². The number of nitrogens with one attached hydrogen (secondary N) is 2. The molecule has 0 unspecified atom stereocenters. The summed E-state index contributed by atoms with van der Waals surface area (Å²) in [6.45, 7) is 0. The first-order valence-corrected chi connectivity index (χ1v) is 7.93. The van der Waals surface area contributed by atoms with Crippen molar-refractivity contribution in [3.8, 4) is 0 Å². The first-order valence-electron chi connectivity index (χ1n) is 4.76. The van der Waals surface area contributed by atoms with Gasteiger partial charge in [0.2, 0.25) is 9.74 Å². The Hall–Kier alpha value is -1.34. The van der Waals surface area contributed by atoms with Crippen LogP contribution >= 0.6 is 63.7 Å². The second kappa shape index (κ2) is 7.05. The highest BCUT2D eigenvalue weighted by Gasteiger charge is 2.57. The molecule has 23 heavy (non-hydrogen) atoms. The highest BCUT2D eigenvalue weighted by molar-refractivity contribution is 9.25. The minimum Gasteiger partial charge on any atom is -0.257 e. The minimum absolute atomic E-state index is 0.337. The average Bonchev–Trinajstić information content (AvgIpc) is 2.85. The number of hydrazine groups is 2. The number of nitroso groups, excluding NO2 is 2. The van der Waals surface area contributed by atoms with E-state index < -0.39 is 28.4 Å². The van der Waals surface area contributed by atoms with E-state index in [9.17, 15) is 30.0 Å². The summed E-state index contributed by atoms with van der Waals surface area (Å²) in [5.74, 6) is -1.13. The van der Waals surface area contributed by atoms with Crippen molar-refractivity contribution in [2.24, 2.45) is 0 Å². The number of rotatable bonds is 8. The molecule has 1 heterocycles. The summed E-state index contributed by atoms with van der Waals surface area (Å²) in [6.07, 6.45) is 0. The summed E-state index contributed by atoms with van der Waals surface area (Å²) in [6, 6.07) is 0. The number of hydrogen-bond acceptors (Lipinski definition) is 9. The predicted molar refractivity (Wildman–Crippen MR) is 84.0 cm³/mol. The molecule has 0 saturated carbocycles. The third kappa shape index (κ3) is 4.35. The van der Waals surface area contributed by atoms with Gasteiger partial charge in [-0.2, -0.15) is 0 Å². The van der Waals surface area contributed by atoms with E-state index in [1.807, 2.05) is 10.9 Å². The van der Waals surface area contributed by atoms with Crippen LogP contribution in [0.5, 0.6) is 0 Å². The fourth-order valence-corrected chi connectivity index (χ4v) is 1.17. The Morgan fingerprint density at radius 3 is 1.39 bits per heavy atom. The molecule has 0 aliphatic rings. The van der Waals surface area contributed by atoms with Gasteiger partial charge in [-0.15, -0.1) is 0 Å². The Bertz CT molecular complexity index is 619. The molecule has 0 aliphatic heterocycles. The van der Waals surface area contributed by atoms with Crippen LogP contribution in [0.25, 0.3) is 0 Å². The molecule has 1 aromatic heterocycles. The molecule has 19 heteroatoms. The maximum atomic E-state index is 11.6. The molecule has 0 amide bonds. The van der Waals surface area contributed by atoms with Crippen LogP contribution in [0.15, 0.2) is 4.63 Å². The van der Waals surface area contributed by atoms with Crippen LogP contribution in [0.1, 0.15) is 0 Å². The first kappa shape index (κ1) is 19.7. The van der Waals surface area contributed by atoms with Crippen molar-refractivity contribution >= 4 is 75.4 Å². The summed E-state index contributed by atoms with van der Waals surface area (Å²) < 4.78 is -0.674. The lowest BCUT2D eigenvalue weighted by Gasteiger charge is -2.03. The van der Waals surface area contributed by atoms with Crippen LogP contribution in [-0.2, 0) is 0 Å². The molecule has 0 spiro atoms. The molecule has 1 rings (SSSR count). The Morgan fingerprint density at radius 2 is 1.13 bits per heavy atom. The molecule has 2 N–H and O–H groups in total. The smallest absolute Gasteiger partial charge is 0.257 e. The average molecular weight is 594 g/mol. The molecule has 15 nitrogen and oxygen atoms in total. The molecule has 0 aromatic carbocycles. The maximum Gasteiger partial charge on any atom is 0.583 e. The molecular weight excluding hydrogens is 592 g/mol. The molecule has 0 radical (unpaired) electrons. The topological polar surface area (TPSA) is 189 Å². The van der Waals surface area contributed by atoms with Gasteiger partial charge >= 0.3 is 6.96 Å². The van der Waals surface area contributed by atoms with Gasteiger partial charge in [-0.25, -0.2) is 4.63 Å². The third-order valence-electron chi connectivity index (χ3n) is 1.83. The molecule has 0 aliphatic carbocycles. The number of nitrogens with zero attached hydrogens (tertiary/aromatic N) is 6. The van der Waals surface area contributed by atoms with Crippen molar-refractivity contribution in [1.82, 2.24) is 10.3 Å². The quantitative estimate of drug-likeness (QED) is 0.111. The van der Waals surface area contributed by atoms with E-state index >= 15 is 0 Å². The molecule has 1 aromatic rings. The number of hydrogen-bond donors (Lipinski definition) is 2. The molecule has 0 saturated heterocycles. The summed E-state index contributed by atoms with van der Waals surface area (Å²) in [5, 5.41) is 27.7. The van der Waals surface area contributed by atoms with Crippen LogP contribution in [0.2, 0.25) is 0 Å². The number of aromatic nitrogens is 2. The molecule has 0 fully saturated rings. The summed E-state index contributed by atoms with van der Waals surface area (Å²) in [4.78, 5) is 41.8. The lowest BCUT2D eigenvalue weighted by atomic mass is 10.7. The zero-order chi connectivity index (χ0) is 18.0. The first-order chi connectivity index (χ1) is 10.4. The van der Waals surface area contributed by atoms with E-state index in [2.05, 4.69) is 78.7 Å². The van der Waals surface area contributed by atoms with E-state index in [0.717, 1.165) is 0 Å². The van der Waals surface area contributed by atoms with Crippen molar-refractivity contribution in [2.75, 3.05) is 10.9 Å². The zero-order valence-electron chi connectivity index (χ0n) is 10.1. The number of alkyl halides is 4. The van der Waals surface area contributed by atoms with E-state index in [0.29, 0.717) is 0 Å². The fraction of sp³-hybridized carbons (Fsp3) is 0.500. The van der Waals surface area contributed by atoms with Gasteiger partial charge < -0.3 is 0 Å². The van der Waals surface area contributed by atoms with Gasteiger partial charge in [0.25, 0.3) is 11.6 Å². The summed E-state index contributed by atoms with van der Waals surface area (Å²) in [5.41, 5.74) is 3.69.